The van der Waals surface area contributed by atoms with Crippen molar-refractivity contribution in [2.24, 2.45) is 0 Å². The van der Waals surface area contributed by atoms with Crippen LogP contribution in [-0.4, -0.2) is 58.3 Å². The van der Waals surface area contributed by atoms with Crippen LogP contribution >= 0.6 is 0 Å². The summed E-state index contributed by atoms with van der Waals surface area (Å²) in [4.78, 5) is 35.6. The first-order valence-electron chi connectivity index (χ1n) is 8.79. The molecule has 2 heterocycles. The number of rotatable bonds is 5. The number of anilines is 2. The highest BCUT2D eigenvalue weighted by Crippen LogP contribution is 2.17. The fraction of sp³-hybridized carbons (Fsp3) is 0.368. The molecule has 1 aliphatic rings. The number of amides is 2. The number of carbonyl (C=O) groups excluding carboxylic acids is 2. The maximum Gasteiger partial charge on any atom is 0.272 e. The van der Waals surface area contributed by atoms with Crippen LogP contribution in [0.2, 0.25) is 0 Å². The Hall–Kier alpha value is -2.96. The van der Waals surface area contributed by atoms with E-state index in [0.29, 0.717) is 43.5 Å². The monoisotopic (exact) mass is 353 g/mol. The van der Waals surface area contributed by atoms with Gasteiger partial charge in [-0.3, -0.25) is 9.59 Å². The summed E-state index contributed by atoms with van der Waals surface area (Å²) in [5.74, 6) is 0.997. The quantitative estimate of drug-likeness (QED) is 0.832. The Morgan fingerprint density at radius 3 is 2.46 bits per heavy atom. The van der Waals surface area contributed by atoms with Gasteiger partial charge in [0.25, 0.3) is 5.91 Å². The summed E-state index contributed by atoms with van der Waals surface area (Å²) < 4.78 is 0. The highest BCUT2D eigenvalue weighted by atomic mass is 16.2. The van der Waals surface area contributed by atoms with Crippen LogP contribution in [-0.2, 0) is 11.2 Å². The molecule has 0 spiro atoms. The van der Waals surface area contributed by atoms with Gasteiger partial charge in [0.1, 0.15) is 17.3 Å². The summed E-state index contributed by atoms with van der Waals surface area (Å²) >= 11 is 0. The van der Waals surface area contributed by atoms with Crippen LogP contribution in [0.4, 0.5) is 11.5 Å². The summed E-state index contributed by atoms with van der Waals surface area (Å²) in [6, 6.07) is 9.80. The zero-order valence-electron chi connectivity index (χ0n) is 15.1. The van der Waals surface area contributed by atoms with Crippen molar-refractivity contribution in [1.82, 2.24) is 19.8 Å². The van der Waals surface area contributed by atoms with Crippen molar-refractivity contribution in [3.05, 3.63) is 47.4 Å². The molecule has 0 aliphatic carbocycles. The molecule has 0 saturated carbocycles. The largest absolute Gasteiger partial charge is 0.342 e. The van der Waals surface area contributed by atoms with Crippen molar-refractivity contribution >= 4 is 23.8 Å². The average Bonchev–Trinajstić information content (AvgIpc) is 2.67. The summed E-state index contributed by atoms with van der Waals surface area (Å²) in [5, 5.41) is 3.23. The second-order valence-electron chi connectivity index (χ2n) is 6.29. The molecular formula is C19H23N5O2. The van der Waals surface area contributed by atoms with E-state index in [0.717, 1.165) is 18.5 Å². The molecule has 136 valence electrons. The van der Waals surface area contributed by atoms with Gasteiger partial charge in [-0.05, 0) is 31.0 Å². The van der Waals surface area contributed by atoms with E-state index in [-0.39, 0.29) is 5.91 Å². The van der Waals surface area contributed by atoms with Gasteiger partial charge in [-0.2, -0.15) is 0 Å². The molecule has 1 fully saturated rings. The van der Waals surface area contributed by atoms with Crippen LogP contribution in [0.25, 0.3) is 0 Å². The fourth-order valence-electron chi connectivity index (χ4n) is 2.91. The number of benzene rings is 1. The van der Waals surface area contributed by atoms with Gasteiger partial charge in [-0.15, -0.1) is 0 Å². The Labute approximate surface area is 153 Å². The number of nitrogens with one attached hydrogen (secondary N) is 1. The summed E-state index contributed by atoms with van der Waals surface area (Å²) in [6.45, 7) is 6.02. The van der Waals surface area contributed by atoms with Crippen LogP contribution in [0.1, 0.15) is 28.8 Å². The van der Waals surface area contributed by atoms with E-state index in [9.17, 15) is 9.59 Å². The van der Waals surface area contributed by atoms with Crippen LogP contribution < -0.4 is 5.32 Å². The Kier molecular flexibility index (Phi) is 5.46. The van der Waals surface area contributed by atoms with E-state index in [1.807, 2.05) is 12.1 Å². The van der Waals surface area contributed by atoms with Crippen LogP contribution in [0.5, 0.6) is 0 Å². The molecule has 26 heavy (non-hydrogen) atoms. The summed E-state index contributed by atoms with van der Waals surface area (Å²) in [5.41, 5.74) is 2.54. The fourth-order valence-corrected chi connectivity index (χ4v) is 2.91. The van der Waals surface area contributed by atoms with Gasteiger partial charge in [-0.1, -0.05) is 19.1 Å². The Morgan fingerprint density at radius 2 is 1.85 bits per heavy atom. The van der Waals surface area contributed by atoms with Crippen molar-refractivity contribution < 1.29 is 9.59 Å². The van der Waals surface area contributed by atoms with Crippen LogP contribution in [0.3, 0.4) is 0 Å². The van der Waals surface area contributed by atoms with E-state index in [4.69, 9.17) is 0 Å². The molecule has 2 amide bonds. The van der Waals surface area contributed by atoms with Crippen molar-refractivity contribution in [2.45, 2.75) is 20.3 Å². The normalized spacial score (nSPS) is 14.2. The Balaban J connectivity index is 1.74. The van der Waals surface area contributed by atoms with Gasteiger partial charge in [0.05, 0.1) is 0 Å². The van der Waals surface area contributed by atoms with E-state index in [1.54, 1.807) is 22.8 Å². The Morgan fingerprint density at radius 1 is 1.15 bits per heavy atom. The third-order valence-electron chi connectivity index (χ3n) is 4.44. The van der Waals surface area contributed by atoms with Gasteiger partial charge in [0.2, 0.25) is 6.41 Å². The SMILES string of the molecule is CCc1ccc(Nc2cc(C(=O)N3CCN(C=O)CC3)nc(C)n2)cc1. The number of hydrogen-bond acceptors (Lipinski definition) is 5. The molecule has 2 aromatic rings. The first-order chi connectivity index (χ1) is 12.6. The number of hydrogen-bond donors (Lipinski definition) is 1. The van der Waals surface area contributed by atoms with Gasteiger partial charge in [0, 0.05) is 37.9 Å². The van der Waals surface area contributed by atoms with E-state index >= 15 is 0 Å². The maximum atomic E-state index is 12.7. The minimum Gasteiger partial charge on any atom is -0.342 e. The average molecular weight is 353 g/mol. The molecule has 0 atom stereocenters. The molecule has 1 aliphatic heterocycles. The number of aryl methyl sites for hydroxylation is 2. The number of carbonyl (C=O) groups is 2. The van der Waals surface area contributed by atoms with Gasteiger partial charge in [0.15, 0.2) is 0 Å². The molecule has 0 radical (unpaired) electrons. The molecule has 7 heteroatoms. The smallest absolute Gasteiger partial charge is 0.272 e. The molecule has 1 N–H and O–H groups in total. The van der Waals surface area contributed by atoms with Crippen molar-refractivity contribution in [1.29, 1.82) is 0 Å². The first kappa shape index (κ1) is 17.8. The van der Waals surface area contributed by atoms with Gasteiger partial charge < -0.3 is 15.1 Å². The zero-order valence-corrected chi connectivity index (χ0v) is 15.1. The molecule has 1 aromatic carbocycles. The lowest BCUT2D eigenvalue weighted by Crippen LogP contribution is -2.48. The summed E-state index contributed by atoms with van der Waals surface area (Å²) in [6.07, 6.45) is 1.81. The highest BCUT2D eigenvalue weighted by Gasteiger charge is 2.23. The molecule has 1 saturated heterocycles. The lowest BCUT2D eigenvalue weighted by Gasteiger charge is -2.32. The first-order valence-corrected chi connectivity index (χ1v) is 8.79. The molecule has 0 unspecified atom stereocenters. The minimum atomic E-state index is -0.134. The second kappa shape index (κ2) is 7.95. The van der Waals surface area contributed by atoms with Crippen molar-refractivity contribution in [3.63, 3.8) is 0 Å². The summed E-state index contributed by atoms with van der Waals surface area (Å²) in [7, 11) is 0. The third kappa shape index (κ3) is 4.17. The Bertz CT molecular complexity index is 783. The minimum absolute atomic E-state index is 0.134. The van der Waals surface area contributed by atoms with E-state index in [1.165, 1.54) is 5.56 Å². The number of piperazine rings is 1. The molecule has 1 aromatic heterocycles. The number of nitrogens with zero attached hydrogens (tertiary/aromatic N) is 4. The lowest BCUT2D eigenvalue weighted by molar-refractivity contribution is -0.119. The van der Waals surface area contributed by atoms with Crippen LogP contribution in [0, 0.1) is 6.92 Å². The molecule has 7 nitrogen and oxygen atoms in total. The number of aromatic nitrogens is 2. The molecule has 3 rings (SSSR count). The maximum absolute atomic E-state index is 12.7. The van der Waals surface area contributed by atoms with Gasteiger partial charge in [-0.25, -0.2) is 9.97 Å². The van der Waals surface area contributed by atoms with Gasteiger partial charge >= 0.3 is 0 Å². The van der Waals surface area contributed by atoms with E-state index < -0.39 is 0 Å². The van der Waals surface area contributed by atoms with Crippen molar-refractivity contribution in [2.75, 3.05) is 31.5 Å². The predicted molar refractivity (Wildman–Crippen MR) is 99.4 cm³/mol. The second-order valence-corrected chi connectivity index (χ2v) is 6.29. The molecule has 0 bridgehead atoms. The predicted octanol–water partition coefficient (Wildman–Crippen LogP) is 2.01. The lowest BCUT2D eigenvalue weighted by atomic mass is 10.1. The third-order valence-corrected chi connectivity index (χ3v) is 4.44. The standard InChI is InChI=1S/C19H23N5O2/c1-3-15-4-6-16(7-5-15)22-18-12-17(20-14(2)21-18)19(26)24-10-8-23(13-25)9-11-24/h4-7,12-13H,3,8-11H2,1-2H3,(H,20,21,22). The highest BCUT2D eigenvalue weighted by molar-refractivity contribution is 5.93. The molecular weight excluding hydrogens is 330 g/mol. The van der Waals surface area contributed by atoms with Crippen molar-refractivity contribution in [3.8, 4) is 0 Å². The van der Waals surface area contributed by atoms with Crippen LogP contribution in [0.15, 0.2) is 30.3 Å². The zero-order chi connectivity index (χ0) is 18.5. The van der Waals surface area contributed by atoms with E-state index in [2.05, 4.69) is 34.3 Å². The topological polar surface area (TPSA) is 78.4 Å².